The fraction of sp³-hybridized carbons (Fsp3) is 0.750. The van der Waals surface area contributed by atoms with Gasteiger partial charge in [0.05, 0.1) is 11.8 Å². The van der Waals surface area contributed by atoms with E-state index >= 15 is 0 Å². The third-order valence-corrected chi connectivity index (χ3v) is 1.96. The molecule has 1 unspecified atom stereocenters. The fourth-order valence-electron chi connectivity index (χ4n) is 0.303. The molecule has 0 fully saturated rings. The molecule has 0 spiro atoms. The zero-order valence-electron chi connectivity index (χ0n) is 4.83. The molecule has 0 aromatic heterocycles. The Bertz CT molecular complexity index is 215. The molecule has 0 aliphatic rings. The average Bonchev–Trinajstić information content (AvgIpc) is 1.62. The van der Waals surface area contributed by atoms with E-state index in [1.807, 2.05) is 0 Å². The van der Waals surface area contributed by atoms with E-state index in [0.29, 0.717) is 0 Å². The van der Waals surface area contributed by atoms with Gasteiger partial charge in [-0.05, 0) is 0 Å². The van der Waals surface area contributed by atoms with Gasteiger partial charge in [0, 0.05) is 6.26 Å². The Labute approximate surface area is 59.2 Å². The lowest BCUT2D eigenvalue weighted by Crippen LogP contribution is -2.12. The normalized spacial score (nSPS) is 14.3. The summed E-state index contributed by atoms with van der Waals surface area (Å²) in [6, 6.07) is 1.61. The van der Waals surface area contributed by atoms with Crippen LogP contribution in [0.5, 0.6) is 0 Å². The highest BCUT2D eigenvalue weighted by molar-refractivity contribution is 7.90. The van der Waals surface area contributed by atoms with Crippen LogP contribution in [0, 0.1) is 11.3 Å². The predicted octanol–water partition coefficient (Wildman–Crippen LogP) is 0.162. The van der Waals surface area contributed by atoms with Gasteiger partial charge in [0.15, 0.2) is 0 Å². The van der Waals surface area contributed by atoms with E-state index in [1.54, 1.807) is 6.07 Å². The lowest BCUT2D eigenvalue weighted by Gasteiger charge is -1.94. The van der Waals surface area contributed by atoms with Crippen LogP contribution in [-0.4, -0.2) is 25.8 Å². The minimum Gasteiger partial charge on any atom is -0.229 e. The lowest BCUT2D eigenvalue weighted by atomic mass is 10.5. The van der Waals surface area contributed by atoms with Crippen molar-refractivity contribution in [2.24, 2.45) is 0 Å². The Morgan fingerprint density at radius 2 is 2.22 bits per heavy atom. The van der Waals surface area contributed by atoms with Crippen molar-refractivity contribution >= 4 is 21.4 Å². The summed E-state index contributed by atoms with van der Waals surface area (Å²) in [5, 5.41) is 7.14. The molecule has 0 heterocycles. The summed E-state index contributed by atoms with van der Waals surface area (Å²) in [7, 11) is -3.09. The Hall–Kier alpha value is -0.270. The molecule has 0 aliphatic carbocycles. The first-order chi connectivity index (χ1) is 3.95. The molecular weight excluding hydrogens is 162 g/mol. The number of nitrogens with zero attached hydrogens (tertiary/aromatic N) is 1. The SMILES string of the molecule is CS(=O)(=O)CC(Cl)C#N. The smallest absolute Gasteiger partial charge is 0.149 e. The number of sulfone groups is 1. The molecule has 9 heavy (non-hydrogen) atoms. The molecule has 5 heteroatoms. The largest absolute Gasteiger partial charge is 0.229 e. The van der Waals surface area contributed by atoms with Crippen LogP contribution in [0.25, 0.3) is 0 Å². The van der Waals surface area contributed by atoms with Gasteiger partial charge in [0.1, 0.15) is 15.2 Å². The standard InChI is InChI=1S/C4H6ClNO2S/c1-9(7,8)3-4(5)2-6/h4H,3H2,1H3. The summed E-state index contributed by atoms with van der Waals surface area (Å²) < 4.78 is 20.7. The summed E-state index contributed by atoms with van der Waals surface area (Å²) in [5.41, 5.74) is 0. The minimum atomic E-state index is -3.09. The molecule has 0 aliphatic heterocycles. The first-order valence-electron chi connectivity index (χ1n) is 2.17. The maximum Gasteiger partial charge on any atom is 0.149 e. The van der Waals surface area contributed by atoms with Crippen molar-refractivity contribution in [1.82, 2.24) is 0 Å². The van der Waals surface area contributed by atoms with Crippen LogP contribution in [0.2, 0.25) is 0 Å². The maximum atomic E-state index is 10.4. The lowest BCUT2D eigenvalue weighted by molar-refractivity contribution is 0.602. The molecule has 0 saturated heterocycles. The van der Waals surface area contributed by atoms with Crippen LogP contribution in [0.4, 0.5) is 0 Å². The van der Waals surface area contributed by atoms with Gasteiger partial charge in [-0.1, -0.05) is 0 Å². The second kappa shape index (κ2) is 3.04. The van der Waals surface area contributed by atoms with E-state index in [1.165, 1.54) is 0 Å². The monoisotopic (exact) mass is 167 g/mol. The summed E-state index contributed by atoms with van der Waals surface area (Å²) in [4.78, 5) is 0. The highest BCUT2D eigenvalue weighted by Gasteiger charge is 2.10. The van der Waals surface area contributed by atoms with Gasteiger partial charge in [-0.2, -0.15) is 5.26 Å². The molecule has 1 atom stereocenters. The Kier molecular flexibility index (Phi) is 2.95. The quantitative estimate of drug-likeness (QED) is 0.551. The van der Waals surface area contributed by atoms with Crippen LogP contribution >= 0.6 is 11.6 Å². The first kappa shape index (κ1) is 8.73. The highest BCUT2D eigenvalue weighted by Crippen LogP contribution is 1.96. The van der Waals surface area contributed by atoms with Gasteiger partial charge >= 0.3 is 0 Å². The molecule has 0 aromatic carbocycles. The van der Waals surface area contributed by atoms with E-state index in [-0.39, 0.29) is 5.75 Å². The number of alkyl halides is 1. The Balaban J connectivity index is 3.94. The van der Waals surface area contributed by atoms with Crippen molar-refractivity contribution in [2.45, 2.75) is 5.38 Å². The molecule has 0 N–H and O–H groups in total. The van der Waals surface area contributed by atoms with Crippen molar-refractivity contribution in [1.29, 1.82) is 5.26 Å². The third-order valence-electron chi connectivity index (χ3n) is 0.589. The molecule has 0 aromatic rings. The topological polar surface area (TPSA) is 57.9 Å². The third kappa shape index (κ3) is 5.60. The van der Waals surface area contributed by atoms with Crippen molar-refractivity contribution < 1.29 is 8.42 Å². The van der Waals surface area contributed by atoms with Gasteiger partial charge in [-0.15, -0.1) is 11.6 Å². The van der Waals surface area contributed by atoms with Gasteiger partial charge in [-0.3, -0.25) is 0 Å². The summed E-state index contributed by atoms with van der Waals surface area (Å²) >= 11 is 5.21. The summed E-state index contributed by atoms with van der Waals surface area (Å²) in [6.07, 6.45) is 1.04. The molecule has 0 radical (unpaired) electrons. The second-order valence-corrected chi connectivity index (χ2v) is 4.40. The fourth-order valence-corrected chi connectivity index (χ4v) is 1.60. The van der Waals surface area contributed by atoms with E-state index < -0.39 is 15.2 Å². The zero-order chi connectivity index (χ0) is 7.49. The molecule has 3 nitrogen and oxygen atoms in total. The number of hydrogen-bond donors (Lipinski definition) is 0. The van der Waals surface area contributed by atoms with Crippen LogP contribution in [-0.2, 0) is 9.84 Å². The number of rotatable bonds is 2. The van der Waals surface area contributed by atoms with Crippen LogP contribution in [0.3, 0.4) is 0 Å². The van der Waals surface area contributed by atoms with Crippen LogP contribution in [0.1, 0.15) is 0 Å². The molecule has 0 amide bonds. The van der Waals surface area contributed by atoms with E-state index in [0.717, 1.165) is 6.26 Å². The van der Waals surface area contributed by atoms with Crippen molar-refractivity contribution in [2.75, 3.05) is 12.0 Å². The van der Waals surface area contributed by atoms with Gasteiger partial charge in [-0.25, -0.2) is 8.42 Å². The molecular formula is C4H6ClNO2S. The van der Waals surface area contributed by atoms with Gasteiger partial charge < -0.3 is 0 Å². The van der Waals surface area contributed by atoms with Gasteiger partial charge in [0.25, 0.3) is 0 Å². The number of halogens is 1. The summed E-state index contributed by atoms with van der Waals surface area (Å²) in [6.45, 7) is 0. The van der Waals surface area contributed by atoms with Gasteiger partial charge in [0.2, 0.25) is 0 Å². The highest BCUT2D eigenvalue weighted by atomic mass is 35.5. The molecule has 0 bridgehead atoms. The Morgan fingerprint density at radius 1 is 1.78 bits per heavy atom. The maximum absolute atomic E-state index is 10.4. The van der Waals surface area contributed by atoms with Crippen LogP contribution < -0.4 is 0 Å². The second-order valence-electron chi connectivity index (χ2n) is 1.69. The van der Waals surface area contributed by atoms with E-state index in [9.17, 15) is 8.42 Å². The summed E-state index contributed by atoms with van der Waals surface area (Å²) in [5.74, 6) is -0.273. The van der Waals surface area contributed by atoms with Crippen molar-refractivity contribution in [3.05, 3.63) is 0 Å². The molecule has 52 valence electrons. The zero-order valence-corrected chi connectivity index (χ0v) is 6.41. The van der Waals surface area contributed by atoms with Crippen molar-refractivity contribution in [3.8, 4) is 6.07 Å². The average molecular weight is 168 g/mol. The van der Waals surface area contributed by atoms with Crippen LogP contribution in [0.15, 0.2) is 0 Å². The molecule has 0 saturated carbocycles. The Morgan fingerprint density at radius 3 is 2.33 bits per heavy atom. The predicted molar refractivity (Wildman–Crippen MR) is 35.0 cm³/mol. The first-order valence-corrected chi connectivity index (χ1v) is 4.67. The number of nitriles is 1. The van der Waals surface area contributed by atoms with Crippen molar-refractivity contribution in [3.63, 3.8) is 0 Å². The minimum absolute atomic E-state index is 0.273. The van der Waals surface area contributed by atoms with E-state index in [2.05, 4.69) is 0 Å². The molecule has 0 rings (SSSR count). The number of hydrogen-bond acceptors (Lipinski definition) is 3. The van der Waals surface area contributed by atoms with E-state index in [4.69, 9.17) is 16.9 Å².